The third-order valence-corrected chi connectivity index (χ3v) is 8.11. The summed E-state index contributed by atoms with van der Waals surface area (Å²) in [5.41, 5.74) is 7.78. The summed E-state index contributed by atoms with van der Waals surface area (Å²) in [6, 6.07) is 7.18. The lowest BCUT2D eigenvalue weighted by atomic mass is 9.84. The summed E-state index contributed by atoms with van der Waals surface area (Å²) >= 11 is 0. The molecule has 0 bridgehead atoms. The van der Waals surface area contributed by atoms with Gasteiger partial charge in [-0.15, -0.1) is 0 Å². The van der Waals surface area contributed by atoms with E-state index in [1.165, 1.54) is 0 Å². The molecule has 0 saturated heterocycles. The second-order valence-electron chi connectivity index (χ2n) is 10.2. The van der Waals surface area contributed by atoms with Crippen LogP contribution in [0.25, 0.3) is 0 Å². The molecule has 3 aromatic rings. The molecule has 2 heterocycles. The van der Waals surface area contributed by atoms with Crippen LogP contribution >= 0.6 is 0 Å². The minimum atomic E-state index is -4.25. The Labute approximate surface area is 220 Å². The van der Waals surface area contributed by atoms with Crippen LogP contribution in [0.5, 0.6) is 0 Å². The number of aromatic nitrogens is 2. The van der Waals surface area contributed by atoms with Crippen molar-refractivity contribution in [3.63, 3.8) is 0 Å². The number of carbonyl (C=O) groups excluding carboxylic acids is 1. The van der Waals surface area contributed by atoms with Crippen LogP contribution in [0.15, 0.2) is 41.3 Å². The molecule has 0 unspecified atom stereocenters. The van der Waals surface area contributed by atoms with Gasteiger partial charge in [-0.3, -0.25) is 9.89 Å². The average Bonchev–Trinajstić information content (AvgIpc) is 3.21. The molecule has 38 heavy (non-hydrogen) atoms. The number of nitrogens with two attached hydrogens (primary N) is 1. The second-order valence-corrected chi connectivity index (χ2v) is 12.1. The van der Waals surface area contributed by atoms with Crippen LogP contribution in [0.2, 0.25) is 0 Å². The fourth-order valence-electron chi connectivity index (χ4n) is 4.41. The monoisotopic (exact) mass is 547 g/mol. The molecule has 13 heteroatoms. The van der Waals surface area contributed by atoms with Crippen molar-refractivity contribution in [2.24, 2.45) is 0 Å². The highest BCUT2D eigenvalue weighted by atomic mass is 32.2. The molecule has 0 fully saturated rings. The highest BCUT2D eigenvalue weighted by Gasteiger charge is 2.41. The Bertz CT molecular complexity index is 1450. The number of rotatable bonds is 8. The number of aromatic amines is 1. The maximum Gasteiger partial charge on any atom is 0.258 e. The van der Waals surface area contributed by atoms with E-state index in [1.807, 2.05) is 32.8 Å². The van der Waals surface area contributed by atoms with Crippen LogP contribution in [-0.4, -0.2) is 67.5 Å². The second kappa shape index (κ2) is 10.3. The Morgan fingerprint density at radius 3 is 2.50 bits per heavy atom. The first kappa shape index (κ1) is 27.5. The van der Waals surface area contributed by atoms with Crippen molar-refractivity contribution in [3.8, 4) is 0 Å². The van der Waals surface area contributed by atoms with Crippen molar-refractivity contribution in [2.45, 2.75) is 30.7 Å². The number of sulfonamides is 1. The molecule has 5 N–H and O–H groups in total. The lowest BCUT2D eigenvalue weighted by Crippen LogP contribution is -2.45. The molecule has 1 aromatic heterocycles. The lowest BCUT2D eigenvalue weighted by Gasteiger charge is -2.36. The van der Waals surface area contributed by atoms with Gasteiger partial charge < -0.3 is 21.3 Å². The number of anilines is 3. The lowest BCUT2D eigenvalue weighted by molar-refractivity contribution is 0.102. The van der Waals surface area contributed by atoms with Gasteiger partial charge in [0.05, 0.1) is 10.5 Å². The number of carbonyl (C=O) groups is 1. The molecule has 1 amide bonds. The highest BCUT2D eigenvalue weighted by molar-refractivity contribution is 7.89. The molecule has 0 aliphatic carbocycles. The van der Waals surface area contributed by atoms with Crippen molar-refractivity contribution in [2.75, 3.05) is 50.1 Å². The van der Waals surface area contributed by atoms with Gasteiger partial charge in [-0.05, 0) is 44.4 Å². The quantitative estimate of drug-likeness (QED) is 0.318. The van der Waals surface area contributed by atoms with E-state index < -0.39 is 37.9 Å². The smallest absolute Gasteiger partial charge is 0.258 e. The maximum atomic E-state index is 13.8. The van der Waals surface area contributed by atoms with Gasteiger partial charge in [0.2, 0.25) is 10.0 Å². The fraction of sp³-hybridized carbons (Fsp3) is 0.360. The molecule has 1 aliphatic rings. The van der Waals surface area contributed by atoms with Crippen LogP contribution in [0, 0.1) is 11.6 Å². The zero-order valence-electron chi connectivity index (χ0n) is 21.6. The van der Waals surface area contributed by atoms with E-state index in [-0.39, 0.29) is 30.2 Å². The van der Waals surface area contributed by atoms with E-state index in [1.54, 1.807) is 18.2 Å². The first-order valence-corrected chi connectivity index (χ1v) is 13.4. The SMILES string of the molecule is CN(C)CCNc1ccc(C(=O)Nc2n[nH]c3c2CN(S(=O)(=O)c2cc(F)cc(F)c2)CC3(C)C)c(N)c1. The Hall–Kier alpha value is -3.55. The minimum Gasteiger partial charge on any atom is -0.398 e. The molecule has 0 atom stereocenters. The third kappa shape index (κ3) is 5.64. The average molecular weight is 548 g/mol. The highest BCUT2D eigenvalue weighted by Crippen LogP contribution is 2.38. The van der Waals surface area contributed by atoms with Gasteiger partial charge in [-0.2, -0.15) is 9.40 Å². The number of nitrogen functional groups attached to an aromatic ring is 1. The molecule has 0 spiro atoms. The number of halogens is 2. The predicted molar refractivity (Wildman–Crippen MR) is 141 cm³/mol. The Balaban J connectivity index is 1.57. The van der Waals surface area contributed by atoms with E-state index >= 15 is 0 Å². The standard InChI is InChI=1S/C25H31F2N7O3S/c1-25(2)14-34(38(36,37)18-10-15(26)9-16(27)11-18)13-20-22(25)31-32-23(20)30-24(35)19-6-5-17(12-21(19)28)29-7-8-33(3)4/h5-6,9-12,29H,7-8,13-14,28H2,1-4H3,(H2,30,31,32,35). The molecular formula is C25H31F2N7O3S. The van der Waals surface area contributed by atoms with E-state index in [4.69, 9.17) is 5.73 Å². The van der Waals surface area contributed by atoms with Gasteiger partial charge in [0.25, 0.3) is 5.91 Å². The largest absolute Gasteiger partial charge is 0.398 e. The minimum absolute atomic E-state index is 0.0330. The van der Waals surface area contributed by atoms with Crippen molar-refractivity contribution >= 4 is 33.1 Å². The van der Waals surface area contributed by atoms with Gasteiger partial charge in [0.15, 0.2) is 5.82 Å². The van der Waals surface area contributed by atoms with Crippen molar-refractivity contribution in [1.29, 1.82) is 0 Å². The third-order valence-electron chi connectivity index (χ3n) is 6.34. The van der Waals surface area contributed by atoms with Gasteiger partial charge in [0, 0.05) is 60.3 Å². The number of nitrogens with one attached hydrogen (secondary N) is 3. The van der Waals surface area contributed by atoms with Gasteiger partial charge >= 0.3 is 0 Å². The number of amides is 1. The van der Waals surface area contributed by atoms with Crippen LogP contribution in [0.3, 0.4) is 0 Å². The fourth-order valence-corrected chi connectivity index (χ4v) is 6.02. The molecule has 204 valence electrons. The molecule has 10 nitrogen and oxygen atoms in total. The first-order valence-electron chi connectivity index (χ1n) is 11.9. The summed E-state index contributed by atoms with van der Waals surface area (Å²) in [6.07, 6.45) is 0. The number of benzene rings is 2. The van der Waals surface area contributed by atoms with Gasteiger partial charge in [0.1, 0.15) is 11.6 Å². The number of hydrogen-bond acceptors (Lipinski definition) is 7. The van der Waals surface area contributed by atoms with Crippen LogP contribution in [-0.2, 0) is 22.0 Å². The molecule has 0 saturated carbocycles. The van der Waals surface area contributed by atoms with E-state index in [9.17, 15) is 22.0 Å². The first-order chi connectivity index (χ1) is 17.8. The number of H-pyrrole nitrogens is 1. The van der Waals surface area contributed by atoms with E-state index in [2.05, 4.69) is 20.8 Å². The summed E-state index contributed by atoms with van der Waals surface area (Å²) in [7, 11) is -0.319. The summed E-state index contributed by atoms with van der Waals surface area (Å²) in [4.78, 5) is 14.6. The van der Waals surface area contributed by atoms with E-state index in [0.29, 0.717) is 23.9 Å². The molecule has 2 aromatic carbocycles. The van der Waals surface area contributed by atoms with Gasteiger partial charge in [-0.25, -0.2) is 17.2 Å². The van der Waals surface area contributed by atoms with Crippen molar-refractivity contribution < 1.29 is 22.0 Å². The van der Waals surface area contributed by atoms with Crippen LogP contribution in [0.1, 0.15) is 35.5 Å². The molecular weight excluding hydrogens is 516 g/mol. The number of fused-ring (bicyclic) bond motifs is 1. The number of likely N-dealkylation sites (N-methyl/N-ethyl adjacent to an activating group) is 1. The number of hydrogen-bond donors (Lipinski definition) is 4. The zero-order chi connectivity index (χ0) is 27.8. The summed E-state index contributed by atoms with van der Waals surface area (Å²) < 4.78 is 55.3. The Kier molecular flexibility index (Phi) is 7.46. The van der Waals surface area contributed by atoms with Crippen molar-refractivity contribution in [1.82, 2.24) is 19.4 Å². The Morgan fingerprint density at radius 1 is 1.18 bits per heavy atom. The predicted octanol–water partition coefficient (Wildman–Crippen LogP) is 2.98. The molecule has 1 aliphatic heterocycles. The Morgan fingerprint density at radius 2 is 1.87 bits per heavy atom. The molecule has 0 radical (unpaired) electrons. The van der Waals surface area contributed by atoms with E-state index in [0.717, 1.165) is 28.7 Å². The summed E-state index contributed by atoms with van der Waals surface area (Å²) in [5.74, 6) is -2.35. The van der Waals surface area contributed by atoms with Crippen LogP contribution in [0.4, 0.5) is 26.0 Å². The summed E-state index contributed by atoms with van der Waals surface area (Å²) in [6.45, 7) is 5.02. The van der Waals surface area contributed by atoms with Crippen molar-refractivity contribution in [3.05, 3.63) is 64.9 Å². The topological polar surface area (TPSA) is 136 Å². The molecule has 4 rings (SSSR count). The zero-order valence-corrected chi connectivity index (χ0v) is 22.4. The van der Waals surface area contributed by atoms with Gasteiger partial charge in [-0.1, -0.05) is 13.8 Å². The van der Waals surface area contributed by atoms with Crippen LogP contribution < -0.4 is 16.4 Å². The normalized spacial score (nSPS) is 15.3. The number of nitrogens with zero attached hydrogens (tertiary/aromatic N) is 3. The summed E-state index contributed by atoms with van der Waals surface area (Å²) in [5, 5.41) is 13.1. The maximum absolute atomic E-state index is 13.8.